The van der Waals surface area contributed by atoms with Gasteiger partial charge in [-0.2, -0.15) is 0 Å². The van der Waals surface area contributed by atoms with Crippen LogP contribution < -0.4 is 5.32 Å². The molecule has 0 aliphatic heterocycles. The van der Waals surface area contributed by atoms with Crippen molar-refractivity contribution in [3.63, 3.8) is 0 Å². The SMILES string of the molecule is CCCCCCCCCCCCCCCCCCCCCC/C=C/C(O)C(CO)NC(=O)CCCCCCCCCCCOC(=O)CCCCCCCCCCCCCCCCCCCC. The minimum atomic E-state index is -0.862. The van der Waals surface area contributed by atoms with Crippen LogP contribution >= 0.6 is 0 Å². The van der Waals surface area contributed by atoms with Crippen molar-refractivity contribution in [1.82, 2.24) is 5.32 Å². The van der Waals surface area contributed by atoms with E-state index in [-0.39, 0.29) is 18.5 Å². The molecule has 0 heterocycles. The van der Waals surface area contributed by atoms with Gasteiger partial charge in [0.1, 0.15) is 0 Å². The zero-order valence-corrected chi connectivity index (χ0v) is 44.7. The lowest BCUT2D eigenvalue weighted by molar-refractivity contribution is -0.143. The minimum Gasteiger partial charge on any atom is -0.466 e. The van der Waals surface area contributed by atoms with Gasteiger partial charge >= 0.3 is 5.97 Å². The van der Waals surface area contributed by atoms with Crippen LogP contribution in [0.3, 0.4) is 0 Å². The quantitative estimate of drug-likeness (QED) is 0.0321. The van der Waals surface area contributed by atoms with E-state index in [1.807, 2.05) is 6.08 Å². The summed E-state index contributed by atoms with van der Waals surface area (Å²) in [5.74, 6) is -0.113. The van der Waals surface area contributed by atoms with Crippen LogP contribution in [0.15, 0.2) is 12.2 Å². The molecule has 0 aromatic heterocycles. The third-order valence-corrected chi connectivity index (χ3v) is 14.1. The van der Waals surface area contributed by atoms with E-state index in [1.54, 1.807) is 6.08 Å². The van der Waals surface area contributed by atoms with Crippen molar-refractivity contribution in [1.29, 1.82) is 0 Å². The summed E-state index contributed by atoms with van der Waals surface area (Å²) in [6, 6.07) is -0.648. The molecule has 0 spiro atoms. The number of allylic oxidation sites excluding steroid dienone is 1. The molecule has 0 rings (SSSR count). The fourth-order valence-electron chi connectivity index (χ4n) is 9.46. The number of nitrogens with one attached hydrogen (secondary N) is 1. The molecule has 0 bridgehead atoms. The summed E-state index contributed by atoms with van der Waals surface area (Å²) in [6.07, 6.45) is 66.7. The molecule has 0 aromatic rings. The zero-order valence-electron chi connectivity index (χ0n) is 44.7. The molecule has 0 saturated heterocycles. The zero-order chi connectivity index (χ0) is 47.9. The molecule has 6 heteroatoms. The summed E-state index contributed by atoms with van der Waals surface area (Å²) < 4.78 is 5.47. The van der Waals surface area contributed by atoms with E-state index >= 15 is 0 Å². The van der Waals surface area contributed by atoms with Crippen molar-refractivity contribution in [2.24, 2.45) is 0 Å². The molecule has 0 aliphatic rings. The smallest absolute Gasteiger partial charge is 0.305 e. The normalized spacial score (nSPS) is 12.6. The van der Waals surface area contributed by atoms with E-state index in [2.05, 4.69) is 19.2 Å². The number of carbonyl (C=O) groups excluding carboxylic acids is 2. The lowest BCUT2D eigenvalue weighted by Crippen LogP contribution is -2.45. The third kappa shape index (κ3) is 52.0. The summed E-state index contributed by atoms with van der Waals surface area (Å²) in [4.78, 5) is 24.6. The fraction of sp³-hybridized carbons (Fsp3) is 0.933. The number of carbonyl (C=O) groups is 2. The highest BCUT2D eigenvalue weighted by Gasteiger charge is 2.18. The molecule has 0 fully saturated rings. The van der Waals surface area contributed by atoms with Crippen molar-refractivity contribution in [3.05, 3.63) is 12.2 Å². The lowest BCUT2D eigenvalue weighted by Gasteiger charge is -2.20. The first-order chi connectivity index (χ1) is 32.5. The molecule has 66 heavy (non-hydrogen) atoms. The molecule has 0 aliphatic carbocycles. The summed E-state index contributed by atoms with van der Waals surface area (Å²) >= 11 is 0. The Morgan fingerprint density at radius 2 is 0.697 bits per heavy atom. The van der Waals surface area contributed by atoms with Gasteiger partial charge in [-0.05, 0) is 32.1 Å². The van der Waals surface area contributed by atoms with Crippen LogP contribution in [-0.2, 0) is 14.3 Å². The maximum Gasteiger partial charge on any atom is 0.305 e. The van der Waals surface area contributed by atoms with Gasteiger partial charge in [-0.3, -0.25) is 9.59 Å². The number of hydrogen-bond acceptors (Lipinski definition) is 5. The molecule has 2 unspecified atom stereocenters. The maximum atomic E-state index is 12.5. The molecule has 2 atom stereocenters. The van der Waals surface area contributed by atoms with E-state index in [1.165, 1.54) is 250 Å². The van der Waals surface area contributed by atoms with E-state index in [0.29, 0.717) is 19.4 Å². The van der Waals surface area contributed by atoms with Crippen LogP contribution in [0.4, 0.5) is 0 Å². The highest BCUT2D eigenvalue weighted by molar-refractivity contribution is 5.76. The number of hydrogen-bond donors (Lipinski definition) is 3. The number of amides is 1. The van der Waals surface area contributed by atoms with E-state index in [9.17, 15) is 19.8 Å². The van der Waals surface area contributed by atoms with Crippen molar-refractivity contribution in [2.75, 3.05) is 13.2 Å². The molecule has 0 aromatic carbocycles. The summed E-state index contributed by atoms with van der Waals surface area (Å²) in [6.45, 7) is 4.87. The van der Waals surface area contributed by atoms with Crippen LogP contribution in [-0.4, -0.2) is 47.4 Å². The average molecular weight is 933 g/mol. The first-order valence-electron chi connectivity index (χ1n) is 30.0. The molecule has 6 nitrogen and oxygen atoms in total. The molecular formula is C60H117NO5. The number of esters is 1. The summed E-state index contributed by atoms with van der Waals surface area (Å²) in [7, 11) is 0. The Kier molecular flexibility index (Phi) is 55.0. The van der Waals surface area contributed by atoms with Crippen molar-refractivity contribution < 1.29 is 24.5 Å². The van der Waals surface area contributed by atoms with Gasteiger partial charge in [0.05, 0.1) is 25.4 Å². The second kappa shape index (κ2) is 56.2. The van der Waals surface area contributed by atoms with Gasteiger partial charge in [-0.1, -0.05) is 302 Å². The average Bonchev–Trinajstić information content (AvgIpc) is 3.32. The van der Waals surface area contributed by atoms with Gasteiger partial charge in [0.2, 0.25) is 5.91 Å². The Labute approximate surface area is 412 Å². The van der Waals surface area contributed by atoms with Crippen molar-refractivity contribution in [2.45, 2.75) is 347 Å². The van der Waals surface area contributed by atoms with E-state index < -0.39 is 12.1 Å². The van der Waals surface area contributed by atoms with E-state index in [0.717, 1.165) is 57.8 Å². The van der Waals surface area contributed by atoms with Gasteiger partial charge in [0, 0.05) is 12.8 Å². The van der Waals surface area contributed by atoms with Crippen molar-refractivity contribution >= 4 is 11.9 Å². The Balaban J connectivity index is 3.48. The third-order valence-electron chi connectivity index (χ3n) is 14.1. The Morgan fingerprint density at radius 3 is 1.03 bits per heavy atom. The second-order valence-electron chi connectivity index (χ2n) is 20.7. The van der Waals surface area contributed by atoms with Gasteiger partial charge in [-0.25, -0.2) is 0 Å². The number of aliphatic hydroxyl groups is 2. The first-order valence-corrected chi connectivity index (χ1v) is 30.0. The van der Waals surface area contributed by atoms with Gasteiger partial charge in [0.15, 0.2) is 0 Å². The maximum absolute atomic E-state index is 12.5. The molecule has 0 saturated carbocycles. The fourth-order valence-corrected chi connectivity index (χ4v) is 9.46. The number of ether oxygens (including phenoxy) is 1. The molecule has 392 valence electrons. The Hall–Kier alpha value is -1.40. The first kappa shape index (κ1) is 64.6. The standard InChI is InChI=1S/C60H117NO5/c1-3-5-7-9-11-13-15-17-19-21-23-24-25-26-27-29-31-33-36-40-44-48-52-58(63)57(56-62)61-59(64)53-49-45-41-37-35-39-43-47-51-55-66-60(65)54-50-46-42-38-34-32-30-28-22-20-18-16-14-12-10-8-6-4-2/h48,52,57-58,62-63H,3-47,49-51,53-56H2,1-2H3,(H,61,64)/b52-48+. The highest BCUT2D eigenvalue weighted by atomic mass is 16.5. The predicted molar refractivity (Wildman–Crippen MR) is 287 cm³/mol. The molecule has 0 radical (unpaired) electrons. The predicted octanol–water partition coefficient (Wildman–Crippen LogP) is 18.5. The van der Waals surface area contributed by atoms with Gasteiger partial charge in [-0.15, -0.1) is 0 Å². The molecule has 3 N–H and O–H groups in total. The largest absolute Gasteiger partial charge is 0.466 e. The Bertz CT molecular complexity index is 986. The molecular weight excluding hydrogens is 815 g/mol. The monoisotopic (exact) mass is 932 g/mol. The van der Waals surface area contributed by atoms with Gasteiger partial charge in [0.25, 0.3) is 0 Å². The van der Waals surface area contributed by atoms with E-state index in [4.69, 9.17) is 4.74 Å². The van der Waals surface area contributed by atoms with Crippen LogP contribution in [0.2, 0.25) is 0 Å². The summed E-state index contributed by atoms with van der Waals surface area (Å²) in [5, 5.41) is 23.2. The highest BCUT2D eigenvalue weighted by Crippen LogP contribution is 2.18. The number of rotatable bonds is 56. The minimum absolute atomic E-state index is 0.0218. The number of aliphatic hydroxyl groups excluding tert-OH is 2. The summed E-state index contributed by atoms with van der Waals surface area (Å²) in [5.41, 5.74) is 0. The Morgan fingerprint density at radius 1 is 0.409 bits per heavy atom. The topological polar surface area (TPSA) is 95.9 Å². The van der Waals surface area contributed by atoms with Crippen LogP contribution in [0.5, 0.6) is 0 Å². The van der Waals surface area contributed by atoms with Crippen LogP contribution in [0.1, 0.15) is 335 Å². The second-order valence-corrected chi connectivity index (χ2v) is 20.7. The lowest BCUT2D eigenvalue weighted by atomic mass is 10.0. The molecule has 1 amide bonds. The van der Waals surface area contributed by atoms with Crippen molar-refractivity contribution in [3.8, 4) is 0 Å². The van der Waals surface area contributed by atoms with Crippen LogP contribution in [0, 0.1) is 0 Å². The van der Waals surface area contributed by atoms with Gasteiger partial charge < -0.3 is 20.3 Å². The van der Waals surface area contributed by atoms with Crippen LogP contribution in [0.25, 0.3) is 0 Å². The number of unbranched alkanes of at least 4 members (excludes halogenated alkanes) is 45.